The molecule has 1 aromatic heterocycles. The van der Waals surface area contributed by atoms with Crippen LogP contribution in [0.5, 0.6) is 0 Å². The van der Waals surface area contributed by atoms with Crippen LogP contribution in [-0.4, -0.2) is 39.7 Å². The molecule has 1 N–H and O–H groups in total. The molecule has 2 aromatic rings. The lowest BCUT2D eigenvalue weighted by molar-refractivity contribution is -0.137. The Morgan fingerprint density at radius 3 is 2.60 bits per heavy atom. The maximum absolute atomic E-state index is 11.6. The lowest BCUT2D eigenvalue weighted by atomic mass is 10.1. The number of hydrogen-bond donors (Lipinski definition) is 1. The lowest BCUT2D eigenvalue weighted by Crippen LogP contribution is -2.10. The Hall–Kier alpha value is -2.70. The van der Waals surface area contributed by atoms with Crippen molar-refractivity contribution >= 4 is 28.6 Å². The summed E-state index contributed by atoms with van der Waals surface area (Å²) in [7, 11) is 1.26. The molecule has 1 heterocycles. The first-order valence-corrected chi connectivity index (χ1v) is 5.75. The van der Waals surface area contributed by atoms with Gasteiger partial charge in [0.05, 0.1) is 18.2 Å². The number of hydrogen-bond acceptors (Lipinski definition) is 5. The topological polar surface area (TPSA) is 98.5 Å². The van der Waals surface area contributed by atoms with Crippen LogP contribution in [0.25, 0.3) is 10.9 Å². The molecule has 2 rings (SSSR count). The highest BCUT2D eigenvalue weighted by Gasteiger charge is 2.17. The average Bonchev–Trinajstić information content (AvgIpc) is 2.75. The van der Waals surface area contributed by atoms with E-state index < -0.39 is 11.9 Å². The number of carbonyl (C=O) groups excluding carboxylic acids is 2. The normalized spacial score (nSPS) is 10.5. The first-order valence-electron chi connectivity index (χ1n) is 5.75. The van der Waals surface area contributed by atoms with E-state index in [-0.39, 0.29) is 23.6 Å². The molecule has 0 amide bonds. The molecule has 0 atom stereocenters. The summed E-state index contributed by atoms with van der Waals surface area (Å²) in [4.78, 5) is 33.9. The highest BCUT2D eigenvalue weighted by atomic mass is 16.5. The second-order valence-corrected chi connectivity index (χ2v) is 4.18. The van der Waals surface area contributed by atoms with Gasteiger partial charge in [0.1, 0.15) is 12.2 Å². The van der Waals surface area contributed by atoms with Crippen LogP contribution in [0.2, 0.25) is 0 Å². The molecule has 0 spiro atoms. The van der Waals surface area contributed by atoms with E-state index in [2.05, 4.69) is 9.84 Å². The minimum Gasteiger partial charge on any atom is -0.480 e. The number of esters is 1. The molecule has 20 heavy (non-hydrogen) atoms. The molecule has 0 aliphatic carbocycles. The first-order chi connectivity index (χ1) is 9.43. The fraction of sp³-hybridized carbons (Fsp3) is 0.231. The summed E-state index contributed by atoms with van der Waals surface area (Å²) in [5.41, 5.74) is 0.884. The molecule has 7 heteroatoms. The third-order valence-electron chi connectivity index (χ3n) is 2.79. The molecule has 0 saturated heterocycles. The Balaban J connectivity index is 2.66. The summed E-state index contributed by atoms with van der Waals surface area (Å²) < 4.78 is 5.83. The van der Waals surface area contributed by atoms with Crippen molar-refractivity contribution in [3.05, 3.63) is 29.5 Å². The fourth-order valence-electron chi connectivity index (χ4n) is 1.93. The summed E-state index contributed by atoms with van der Waals surface area (Å²) in [6, 6.07) is 4.52. The smallest absolute Gasteiger partial charge is 0.337 e. The maximum atomic E-state index is 11.6. The number of aliphatic carboxylic acids is 1. The van der Waals surface area contributed by atoms with Gasteiger partial charge in [-0.3, -0.25) is 14.3 Å². The number of methoxy groups -OCH3 is 1. The van der Waals surface area contributed by atoms with Gasteiger partial charge in [-0.15, -0.1) is 0 Å². The van der Waals surface area contributed by atoms with Gasteiger partial charge in [0.25, 0.3) is 0 Å². The van der Waals surface area contributed by atoms with E-state index >= 15 is 0 Å². The van der Waals surface area contributed by atoms with Crippen LogP contribution >= 0.6 is 0 Å². The summed E-state index contributed by atoms with van der Waals surface area (Å²) in [5, 5.41) is 13.3. The Morgan fingerprint density at radius 2 is 2.05 bits per heavy atom. The Kier molecular flexibility index (Phi) is 3.51. The van der Waals surface area contributed by atoms with E-state index in [1.54, 1.807) is 6.07 Å². The van der Waals surface area contributed by atoms with Crippen molar-refractivity contribution in [2.75, 3.05) is 7.11 Å². The number of Topliss-reactive ketones (excluding diaryl/α,β-unsaturated/α-hetero) is 1. The van der Waals surface area contributed by atoms with Gasteiger partial charge in [0, 0.05) is 12.3 Å². The van der Waals surface area contributed by atoms with E-state index in [0.29, 0.717) is 10.9 Å². The zero-order valence-corrected chi connectivity index (χ0v) is 10.9. The molecule has 0 aliphatic rings. The molecule has 0 aliphatic heterocycles. The quantitative estimate of drug-likeness (QED) is 0.663. The predicted molar refractivity (Wildman–Crippen MR) is 68.7 cm³/mol. The van der Waals surface area contributed by atoms with E-state index in [0.717, 1.165) is 0 Å². The van der Waals surface area contributed by atoms with Crippen molar-refractivity contribution in [1.29, 1.82) is 0 Å². The van der Waals surface area contributed by atoms with Crippen molar-refractivity contribution < 1.29 is 24.2 Å². The number of nitrogens with zero attached hydrogens (tertiary/aromatic N) is 2. The zero-order chi connectivity index (χ0) is 14.9. The van der Waals surface area contributed by atoms with Gasteiger partial charge in [-0.1, -0.05) is 0 Å². The van der Waals surface area contributed by atoms with Crippen LogP contribution in [0, 0.1) is 0 Å². The second kappa shape index (κ2) is 5.12. The summed E-state index contributed by atoms with van der Waals surface area (Å²) in [5.74, 6) is -1.91. The number of aromatic nitrogens is 2. The number of carboxylic acid groups (broad SMARTS) is 1. The van der Waals surface area contributed by atoms with Crippen LogP contribution in [0.15, 0.2) is 18.2 Å². The van der Waals surface area contributed by atoms with Gasteiger partial charge in [-0.25, -0.2) is 4.79 Å². The minimum atomic E-state index is -1.07. The summed E-state index contributed by atoms with van der Waals surface area (Å²) >= 11 is 0. The van der Waals surface area contributed by atoms with Crippen LogP contribution in [0.4, 0.5) is 0 Å². The molecular weight excluding hydrogens is 264 g/mol. The molecular formula is C13H12N2O5. The van der Waals surface area contributed by atoms with Crippen LogP contribution in [-0.2, 0) is 16.1 Å². The molecule has 0 radical (unpaired) electrons. The van der Waals surface area contributed by atoms with Crippen LogP contribution < -0.4 is 0 Å². The van der Waals surface area contributed by atoms with Crippen LogP contribution in [0.3, 0.4) is 0 Å². The van der Waals surface area contributed by atoms with Crippen molar-refractivity contribution in [3.63, 3.8) is 0 Å². The third kappa shape index (κ3) is 2.37. The third-order valence-corrected chi connectivity index (χ3v) is 2.79. The standard InChI is InChI=1S/C13H12N2O5/c1-7(16)12-9-5-8(13(19)20-2)3-4-10(9)15(14-12)6-11(17)18/h3-5H,6H2,1-2H3,(H,17,18). The molecule has 7 nitrogen and oxygen atoms in total. The van der Waals surface area contributed by atoms with Crippen molar-refractivity contribution in [2.45, 2.75) is 13.5 Å². The first kappa shape index (κ1) is 13.7. The van der Waals surface area contributed by atoms with E-state index in [4.69, 9.17) is 5.11 Å². The minimum absolute atomic E-state index is 0.131. The number of carbonyl (C=O) groups is 3. The Bertz CT molecular complexity index is 717. The number of ketones is 1. The second-order valence-electron chi connectivity index (χ2n) is 4.18. The number of benzene rings is 1. The lowest BCUT2D eigenvalue weighted by Gasteiger charge is -2.01. The predicted octanol–water partition coefficient (Wildman–Crippen LogP) is 1.11. The van der Waals surface area contributed by atoms with Gasteiger partial charge >= 0.3 is 11.9 Å². The molecule has 0 saturated carbocycles. The molecule has 0 fully saturated rings. The maximum Gasteiger partial charge on any atom is 0.337 e. The summed E-state index contributed by atoms with van der Waals surface area (Å²) in [6.07, 6.45) is 0. The Labute approximate surface area is 113 Å². The molecule has 104 valence electrons. The SMILES string of the molecule is COC(=O)c1ccc2c(c1)c(C(C)=O)nn2CC(=O)O. The van der Waals surface area contributed by atoms with E-state index in [1.165, 1.54) is 30.8 Å². The number of fused-ring (bicyclic) bond motifs is 1. The van der Waals surface area contributed by atoms with Gasteiger partial charge in [-0.05, 0) is 18.2 Å². The van der Waals surface area contributed by atoms with Gasteiger partial charge in [0.15, 0.2) is 5.78 Å². The zero-order valence-electron chi connectivity index (χ0n) is 10.9. The van der Waals surface area contributed by atoms with Gasteiger partial charge in [-0.2, -0.15) is 5.10 Å². The molecule has 0 unspecified atom stereocenters. The monoisotopic (exact) mass is 276 g/mol. The van der Waals surface area contributed by atoms with Crippen molar-refractivity contribution in [2.24, 2.45) is 0 Å². The molecule has 0 bridgehead atoms. The fourth-order valence-corrected chi connectivity index (χ4v) is 1.93. The highest BCUT2D eigenvalue weighted by molar-refractivity contribution is 6.06. The van der Waals surface area contributed by atoms with Crippen molar-refractivity contribution in [1.82, 2.24) is 9.78 Å². The van der Waals surface area contributed by atoms with Crippen LogP contribution in [0.1, 0.15) is 27.8 Å². The number of ether oxygens (including phenoxy) is 1. The van der Waals surface area contributed by atoms with E-state index in [1.807, 2.05) is 0 Å². The van der Waals surface area contributed by atoms with Gasteiger partial charge in [0.2, 0.25) is 0 Å². The average molecular weight is 276 g/mol. The van der Waals surface area contributed by atoms with Crippen molar-refractivity contribution in [3.8, 4) is 0 Å². The van der Waals surface area contributed by atoms with E-state index in [9.17, 15) is 14.4 Å². The van der Waals surface area contributed by atoms with Gasteiger partial charge < -0.3 is 9.84 Å². The summed E-state index contributed by atoms with van der Waals surface area (Å²) in [6.45, 7) is 0.971. The molecule has 1 aromatic carbocycles. The largest absolute Gasteiger partial charge is 0.480 e. The number of carboxylic acids is 1. The number of rotatable bonds is 4. The highest BCUT2D eigenvalue weighted by Crippen LogP contribution is 2.21. The Morgan fingerprint density at radius 1 is 1.35 bits per heavy atom.